The van der Waals surface area contributed by atoms with Crippen LogP contribution in [0.5, 0.6) is 0 Å². The summed E-state index contributed by atoms with van der Waals surface area (Å²) in [5.41, 5.74) is 3.30. The van der Waals surface area contributed by atoms with E-state index in [4.69, 9.17) is 11.6 Å². The van der Waals surface area contributed by atoms with Gasteiger partial charge >= 0.3 is 0 Å². The number of aromatic nitrogens is 4. The molecule has 1 fully saturated rings. The number of halogens is 1. The SMILES string of the molecule is Cn1cc(CN2CCCN(c3ncccn3)CC2)c(-c2cccc(Cl)c2)n1. The van der Waals surface area contributed by atoms with E-state index >= 15 is 0 Å². The zero-order chi connectivity index (χ0) is 18.6. The summed E-state index contributed by atoms with van der Waals surface area (Å²) < 4.78 is 1.88. The van der Waals surface area contributed by atoms with E-state index in [0.29, 0.717) is 0 Å². The Morgan fingerprint density at radius 2 is 1.89 bits per heavy atom. The molecule has 27 heavy (non-hydrogen) atoms. The first-order valence-electron chi connectivity index (χ1n) is 9.22. The predicted octanol–water partition coefficient (Wildman–Crippen LogP) is 3.24. The monoisotopic (exact) mass is 382 g/mol. The zero-order valence-electron chi connectivity index (χ0n) is 15.4. The fourth-order valence-corrected chi connectivity index (χ4v) is 3.75. The molecule has 0 N–H and O–H groups in total. The van der Waals surface area contributed by atoms with Crippen LogP contribution in [0.2, 0.25) is 5.02 Å². The average Bonchev–Trinajstić information content (AvgIpc) is 2.89. The van der Waals surface area contributed by atoms with Crippen molar-refractivity contribution in [2.24, 2.45) is 7.05 Å². The van der Waals surface area contributed by atoms with Crippen LogP contribution in [0, 0.1) is 0 Å². The summed E-state index contributed by atoms with van der Waals surface area (Å²) >= 11 is 6.18. The van der Waals surface area contributed by atoms with Gasteiger partial charge in [-0.15, -0.1) is 0 Å². The van der Waals surface area contributed by atoms with Gasteiger partial charge in [-0.05, 0) is 24.6 Å². The third kappa shape index (κ3) is 4.28. The van der Waals surface area contributed by atoms with Gasteiger partial charge in [0.15, 0.2) is 0 Å². The minimum absolute atomic E-state index is 0.734. The molecule has 1 aromatic carbocycles. The van der Waals surface area contributed by atoms with Crippen molar-refractivity contribution in [2.75, 3.05) is 31.1 Å². The van der Waals surface area contributed by atoms with E-state index < -0.39 is 0 Å². The smallest absolute Gasteiger partial charge is 0.225 e. The van der Waals surface area contributed by atoms with Crippen molar-refractivity contribution >= 4 is 17.5 Å². The van der Waals surface area contributed by atoms with E-state index in [9.17, 15) is 0 Å². The molecule has 0 unspecified atom stereocenters. The van der Waals surface area contributed by atoms with Gasteiger partial charge in [0.25, 0.3) is 0 Å². The topological polar surface area (TPSA) is 50.1 Å². The average molecular weight is 383 g/mol. The number of aryl methyl sites for hydroxylation is 1. The van der Waals surface area contributed by atoms with Gasteiger partial charge in [-0.1, -0.05) is 23.7 Å². The Labute approximate surface area is 164 Å². The molecule has 0 amide bonds. The highest BCUT2D eigenvalue weighted by molar-refractivity contribution is 6.30. The van der Waals surface area contributed by atoms with Crippen LogP contribution in [0.3, 0.4) is 0 Å². The molecule has 0 bridgehead atoms. The molecule has 0 aliphatic carbocycles. The van der Waals surface area contributed by atoms with Gasteiger partial charge in [-0.2, -0.15) is 5.10 Å². The maximum absolute atomic E-state index is 6.18. The summed E-state index contributed by atoms with van der Waals surface area (Å²) in [6, 6.07) is 9.76. The second kappa shape index (κ2) is 8.06. The molecule has 0 atom stereocenters. The number of hydrogen-bond donors (Lipinski definition) is 0. The highest BCUT2D eigenvalue weighted by Crippen LogP contribution is 2.26. The van der Waals surface area contributed by atoms with Gasteiger partial charge < -0.3 is 4.90 Å². The van der Waals surface area contributed by atoms with Crippen LogP contribution >= 0.6 is 11.6 Å². The molecular weight excluding hydrogens is 360 g/mol. The normalized spacial score (nSPS) is 15.7. The summed E-state index contributed by atoms with van der Waals surface area (Å²) in [7, 11) is 1.97. The maximum atomic E-state index is 6.18. The number of nitrogens with zero attached hydrogens (tertiary/aromatic N) is 6. The Hall–Kier alpha value is -2.44. The highest BCUT2D eigenvalue weighted by atomic mass is 35.5. The minimum atomic E-state index is 0.734. The van der Waals surface area contributed by atoms with Crippen molar-refractivity contribution in [3.63, 3.8) is 0 Å². The highest BCUT2D eigenvalue weighted by Gasteiger charge is 2.19. The lowest BCUT2D eigenvalue weighted by molar-refractivity contribution is 0.285. The van der Waals surface area contributed by atoms with Crippen LogP contribution in [-0.4, -0.2) is 50.8 Å². The fraction of sp³-hybridized carbons (Fsp3) is 0.350. The molecule has 1 aliphatic heterocycles. The zero-order valence-corrected chi connectivity index (χ0v) is 16.2. The Balaban J connectivity index is 1.48. The Morgan fingerprint density at radius 3 is 2.70 bits per heavy atom. The largest absolute Gasteiger partial charge is 0.339 e. The van der Waals surface area contributed by atoms with Gasteiger partial charge in [-0.25, -0.2) is 9.97 Å². The molecule has 7 heteroatoms. The van der Waals surface area contributed by atoms with Gasteiger partial charge in [0.1, 0.15) is 0 Å². The van der Waals surface area contributed by atoms with E-state index in [1.165, 1.54) is 5.56 Å². The molecular formula is C20H23ClN6. The maximum Gasteiger partial charge on any atom is 0.225 e. The predicted molar refractivity (Wildman–Crippen MR) is 108 cm³/mol. The first kappa shape index (κ1) is 17.9. The Morgan fingerprint density at radius 1 is 1.04 bits per heavy atom. The summed E-state index contributed by atoms with van der Waals surface area (Å²) in [6.45, 7) is 4.81. The number of anilines is 1. The Bertz CT molecular complexity index is 894. The van der Waals surface area contributed by atoms with Crippen LogP contribution < -0.4 is 4.90 Å². The van der Waals surface area contributed by atoms with Crippen LogP contribution in [0.1, 0.15) is 12.0 Å². The van der Waals surface area contributed by atoms with Gasteiger partial charge in [-0.3, -0.25) is 9.58 Å². The second-order valence-electron chi connectivity index (χ2n) is 6.85. The summed E-state index contributed by atoms with van der Waals surface area (Å²) in [6.07, 6.45) is 6.81. The molecule has 3 aromatic rings. The second-order valence-corrected chi connectivity index (χ2v) is 7.29. The van der Waals surface area contributed by atoms with Gasteiger partial charge in [0, 0.05) is 74.5 Å². The lowest BCUT2D eigenvalue weighted by atomic mass is 10.1. The summed E-state index contributed by atoms with van der Waals surface area (Å²) in [5, 5.41) is 5.41. The van der Waals surface area contributed by atoms with E-state index in [1.54, 1.807) is 12.4 Å². The molecule has 1 aliphatic rings. The standard InChI is InChI=1S/C20H23ClN6/c1-25-14-17(19(24-25)16-5-2-6-18(21)13-16)15-26-9-4-10-27(12-11-26)20-22-7-3-8-23-20/h2-3,5-8,13-14H,4,9-12,15H2,1H3. The molecule has 140 valence electrons. The molecule has 6 nitrogen and oxygen atoms in total. The van der Waals surface area contributed by atoms with E-state index in [0.717, 1.165) is 61.4 Å². The molecule has 3 heterocycles. The van der Waals surface area contributed by atoms with Crippen molar-refractivity contribution < 1.29 is 0 Å². The number of rotatable bonds is 4. The van der Waals surface area contributed by atoms with Crippen molar-refractivity contribution in [1.82, 2.24) is 24.6 Å². The fourth-order valence-electron chi connectivity index (χ4n) is 3.56. The molecule has 0 spiro atoms. The van der Waals surface area contributed by atoms with Gasteiger partial charge in [0.05, 0.1) is 5.69 Å². The third-order valence-corrected chi connectivity index (χ3v) is 5.06. The quantitative estimate of drug-likeness (QED) is 0.693. The van der Waals surface area contributed by atoms with Crippen LogP contribution in [0.25, 0.3) is 11.3 Å². The van der Waals surface area contributed by atoms with E-state index in [-0.39, 0.29) is 0 Å². The number of hydrogen-bond acceptors (Lipinski definition) is 5. The van der Waals surface area contributed by atoms with E-state index in [2.05, 4.69) is 37.1 Å². The summed E-state index contributed by atoms with van der Waals surface area (Å²) in [4.78, 5) is 13.5. The molecule has 1 saturated heterocycles. The first-order chi connectivity index (χ1) is 13.2. The molecule has 0 radical (unpaired) electrons. The third-order valence-electron chi connectivity index (χ3n) is 4.82. The van der Waals surface area contributed by atoms with Crippen LogP contribution in [0.15, 0.2) is 48.9 Å². The minimum Gasteiger partial charge on any atom is -0.339 e. The number of benzene rings is 1. The first-order valence-corrected chi connectivity index (χ1v) is 9.59. The van der Waals surface area contributed by atoms with Crippen LogP contribution in [-0.2, 0) is 13.6 Å². The van der Waals surface area contributed by atoms with Gasteiger partial charge in [0.2, 0.25) is 5.95 Å². The van der Waals surface area contributed by atoms with Crippen molar-refractivity contribution in [3.8, 4) is 11.3 Å². The van der Waals surface area contributed by atoms with Crippen molar-refractivity contribution in [3.05, 3.63) is 59.5 Å². The van der Waals surface area contributed by atoms with Crippen molar-refractivity contribution in [2.45, 2.75) is 13.0 Å². The van der Waals surface area contributed by atoms with Crippen molar-refractivity contribution in [1.29, 1.82) is 0 Å². The summed E-state index contributed by atoms with van der Waals surface area (Å²) in [5.74, 6) is 0.820. The molecule has 0 saturated carbocycles. The van der Waals surface area contributed by atoms with Crippen LogP contribution in [0.4, 0.5) is 5.95 Å². The lowest BCUT2D eigenvalue weighted by Gasteiger charge is -2.21. The Kier molecular flexibility index (Phi) is 5.36. The molecule has 4 rings (SSSR count). The molecule has 2 aromatic heterocycles. The van der Waals surface area contributed by atoms with E-state index in [1.807, 2.05) is 36.0 Å². The lowest BCUT2D eigenvalue weighted by Crippen LogP contribution is -2.31.